The molecular weight excluding hydrogens is 426 g/mol. The van der Waals surface area contributed by atoms with Gasteiger partial charge in [-0.2, -0.15) is 4.98 Å². The average Bonchev–Trinajstić information content (AvgIpc) is 3.12. The molecule has 0 unspecified atom stereocenters. The van der Waals surface area contributed by atoms with Crippen molar-refractivity contribution >= 4 is 27.7 Å². The Morgan fingerprint density at radius 3 is 2.71 bits per heavy atom. The molecule has 1 aromatic carbocycles. The van der Waals surface area contributed by atoms with Crippen molar-refractivity contribution in [3.05, 3.63) is 53.0 Å². The number of nitrogens with zero attached hydrogens (tertiary/aromatic N) is 4. The molecular formula is C19H20BrN5O3. The van der Waals surface area contributed by atoms with Gasteiger partial charge >= 0.3 is 0 Å². The summed E-state index contributed by atoms with van der Waals surface area (Å²) in [7, 11) is 1.80. The minimum atomic E-state index is -0.177. The van der Waals surface area contributed by atoms with Crippen LogP contribution in [0.5, 0.6) is 5.75 Å². The largest absolute Gasteiger partial charge is 0.494 e. The second-order valence-electron chi connectivity index (χ2n) is 6.05. The van der Waals surface area contributed by atoms with Gasteiger partial charge in [0.05, 0.1) is 19.7 Å². The molecule has 146 valence electrons. The zero-order chi connectivity index (χ0) is 19.9. The van der Waals surface area contributed by atoms with Gasteiger partial charge in [-0.1, -0.05) is 5.16 Å². The van der Waals surface area contributed by atoms with E-state index in [9.17, 15) is 4.79 Å². The van der Waals surface area contributed by atoms with Crippen LogP contribution in [0.4, 0.5) is 5.82 Å². The van der Waals surface area contributed by atoms with Gasteiger partial charge in [0, 0.05) is 16.2 Å². The number of carbonyl (C=O) groups is 1. The fourth-order valence-electron chi connectivity index (χ4n) is 2.47. The molecule has 8 nitrogen and oxygen atoms in total. The van der Waals surface area contributed by atoms with Crippen LogP contribution < -0.4 is 10.1 Å². The Balaban J connectivity index is 1.53. The van der Waals surface area contributed by atoms with Gasteiger partial charge in [0.25, 0.3) is 0 Å². The lowest BCUT2D eigenvalue weighted by molar-refractivity contribution is -0.117. The van der Waals surface area contributed by atoms with Gasteiger partial charge in [0.1, 0.15) is 11.6 Å². The van der Waals surface area contributed by atoms with Crippen LogP contribution in [0.15, 0.2) is 51.6 Å². The third-order valence-electron chi connectivity index (χ3n) is 3.71. The Hall–Kier alpha value is -2.78. The van der Waals surface area contributed by atoms with E-state index in [1.807, 2.05) is 37.3 Å². The number of likely N-dealkylation sites (N-methyl/N-ethyl adjacent to an activating group) is 1. The quantitative estimate of drug-likeness (QED) is 0.567. The molecule has 0 radical (unpaired) electrons. The molecule has 0 fully saturated rings. The van der Waals surface area contributed by atoms with Gasteiger partial charge in [0.15, 0.2) is 0 Å². The molecule has 0 bridgehead atoms. The van der Waals surface area contributed by atoms with Crippen LogP contribution in [0.3, 0.4) is 0 Å². The Bertz CT molecular complexity index is 912. The normalized spacial score (nSPS) is 10.9. The number of pyridine rings is 1. The first-order valence-electron chi connectivity index (χ1n) is 8.69. The topological polar surface area (TPSA) is 93.4 Å². The highest BCUT2D eigenvalue weighted by Crippen LogP contribution is 2.20. The Morgan fingerprint density at radius 1 is 1.25 bits per heavy atom. The van der Waals surface area contributed by atoms with Crippen molar-refractivity contribution in [3.63, 3.8) is 0 Å². The average molecular weight is 446 g/mol. The van der Waals surface area contributed by atoms with Crippen LogP contribution in [-0.2, 0) is 11.3 Å². The summed E-state index contributed by atoms with van der Waals surface area (Å²) in [6.07, 6.45) is 1.63. The first-order valence-corrected chi connectivity index (χ1v) is 9.48. The molecule has 1 amide bonds. The summed E-state index contributed by atoms with van der Waals surface area (Å²) in [5, 5.41) is 6.74. The predicted octanol–water partition coefficient (Wildman–Crippen LogP) is 3.36. The summed E-state index contributed by atoms with van der Waals surface area (Å²) in [5.74, 6) is 2.04. The van der Waals surface area contributed by atoms with E-state index >= 15 is 0 Å². The van der Waals surface area contributed by atoms with E-state index in [0.717, 1.165) is 15.8 Å². The first kappa shape index (κ1) is 20.0. The van der Waals surface area contributed by atoms with E-state index in [1.54, 1.807) is 24.2 Å². The molecule has 9 heteroatoms. The maximum Gasteiger partial charge on any atom is 0.241 e. The minimum Gasteiger partial charge on any atom is -0.494 e. The highest BCUT2D eigenvalue weighted by atomic mass is 79.9. The first-order chi connectivity index (χ1) is 13.5. The van der Waals surface area contributed by atoms with E-state index in [-0.39, 0.29) is 12.5 Å². The van der Waals surface area contributed by atoms with Crippen molar-refractivity contribution in [3.8, 4) is 17.1 Å². The molecule has 0 saturated heterocycles. The van der Waals surface area contributed by atoms with Crippen molar-refractivity contribution in [1.29, 1.82) is 0 Å². The van der Waals surface area contributed by atoms with Gasteiger partial charge in [-0.15, -0.1) is 0 Å². The molecule has 0 spiro atoms. The summed E-state index contributed by atoms with van der Waals surface area (Å²) in [6.45, 7) is 3.07. The molecule has 0 aliphatic rings. The molecule has 0 aliphatic heterocycles. The maximum absolute atomic E-state index is 12.1. The van der Waals surface area contributed by atoms with Gasteiger partial charge in [0.2, 0.25) is 17.6 Å². The number of ether oxygens (including phenoxy) is 1. The van der Waals surface area contributed by atoms with E-state index in [2.05, 4.69) is 36.4 Å². The molecule has 1 N–H and O–H groups in total. The van der Waals surface area contributed by atoms with Gasteiger partial charge in [-0.05, 0) is 66.3 Å². The lowest BCUT2D eigenvalue weighted by Gasteiger charge is -2.13. The summed E-state index contributed by atoms with van der Waals surface area (Å²) < 4.78 is 11.6. The maximum atomic E-state index is 12.1. The number of halogens is 1. The zero-order valence-corrected chi connectivity index (χ0v) is 17.1. The number of aromatic nitrogens is 3. The fraction of sp³-hybridized carbons (Fsp3) is 0.263. The molecule has 3 aromatic rings. The van der Waals surface area contributed by atoms with Crippen LogP contribution in [0.2, 0.25) is 0 Å². The molecule has 2 heterocycles. The summed E-state index contributed by atoms with van der Waals surface area (Å²) in [4.78, 5) is 22.4. The minimum absolute atomic E-state index is 0.165. The summed E-state index contributed by atoms with van der Waals surface area (Å²) >= 11 is 3.31. The number of carbonyl (C=O) groups excluding carboxylic acids is 1. The number of hydrogen-bond acceptors (Lipinski definition) is 7. The van der Waals surface area contributed by atoms with Crippen LogP contribution in [0.1, 0.15) is 12.8 Å². The lowest BCUT2D eigenvalue weighted by Crippen LogP contribution is -2.30. The lowest BCUT2D eigenvalue weighted by atomic mass is 10.2. The standard InChI is InChI=1S/C19H20BrN5O3/c1-3-27-15-7-4-13(5-8-15)19-23-18(28-24-19)12-25(2)11-17(26)22-16-9-6-14(20)10-21-16/h4-10H,3,11-12H2,1-2H3,(H,21,22,26). The summed E-state index contributed by atoms with van der Waals surface area (Å²) in [5.41, 5.74) is 0.833. The Labute approximate surface area is 171 Å². The number of hydrogen-bond donors (Lipinski definition) is 1. The third kappa shape index (κ3) is 5.61. The second kappa shape index (κ2) is 9.43. The zero-order valence-electron chi connectivity index (χ0n) is 15.6. The van der Waals surface area contributed by atoms with Crippen molar-refractivity contribution in [1.82, 2.24) is 20.0 Å². The molecule has 28 heavy (non-hydrogen) atoms. The Morgan fingerprint density at radius 2 is 2.04 bits per heavy atom. The van der Waals surface area contributed by atoms with Gasteiger partial charge in [-0.25, -0.2) is 4.98 Å². The van der Waals surface area contributed by atoms with Gasteiger partial charge in [-0.3, -0.25) is 9.69 Å². The van der Waals surface area contributed by atoms with E-state index < -0.39 is 0 Å². The van der Waals surface area contributed by atoms with E-state index in [0.29, 0.717) is 30.7 Å². The molecule has 0 saturated carbocycles. The number of nitrogens with one attached hydrogen (secondary N) is 1. The van der Waals surface area contributed by atoms with Crippen molar-refractivity contribution in [2.45, 2.75) is 13.5 Å². The van der Waals surface area contributed by atoms with Crippen LogP contribution in [0, 0.1) is 0 Å². The SMILES string of the molecule is CCOc1ccc(-c2noc(CN(C)CC(=O)Nc3ccc(Br)cn3)n2)cc1. The molecule has 0 aliphatic carbocycles. The van der Waals surface area contributed by atoms with Crippen LogP contribution in [0.25, 0.3) is 11.4 Å². The third-order valence-corrected chi connectivity index (χ3v) is 4.17. The number of amides is 1. The van der Waals surface area contributed by atoms with Crippen LogP contribution >= 0.6 is 15.9 Å². The number of anilines is 1. The molecule has 2 aromatic heterocycles. The highest BCUT2D eigenvalue weighted by Gasteiger charge is 2.13. The fourth-order valence-corrected chi connectivity index (χ4v) is 2.70. The molecule has 0 atom stereocenters. The van der Waals surface area contributed by atoms with Crippen molar-refractivity contribution < 1.29 is 14.1 Å². The number of rotatable bonds is 8. The van der Waals surface area contributed by atoms with Crippen LogP contribution in [-0.4, -0.2) is 46.1 Å². The molecule has 3 rings (SSSR count). The van der Waals surface area contributed by atoms with Gasteiger partial charge < -0.3 is 14.6 Å². The Kier molecular flexibility index (Phi) is 6.72. The number of benzene rings is 1. The van der Waals surface area contributed by atoms with Crippen molar-refractivity contribution in [2.75, 3.05) is 25.5 Å². The van der Waals surface area contributed by atoms with E-state index in [4.69, 9.17) is 9.26 Å². The smallest absolute Gasteiger partial charge is 0.241 e. The van der Waals surface area contributed by atoms with E-state index in [1.165, 1.54) is 0 Å². The predicted molar refractivity (Wildman–Crippen MR) is 108 cm³/mol. The van der Waals surface area contributed by atoms with Crippen molar-refractivity contribution in [2.24, 2.45) is 0 Å². The highest BCUT2D eigenvalue weighted by molar-refractivity contribution is 9.10. The monoisotopic (exact) mass is 445 g/mol. The second-order valence-corrected chi connectivity index (χ2v) is 6.97. The summed E-state index contributed by atoms with van der Waals surface area (Å²) in [6, 6.07) is 11.0.